The van der Waals surface area contributed by atoms with Crippen LogP contribution in [0.15, 0.2) is 0 Å². The van der Waals surface area contributed by atoms with Gasteiger partial charge in [-0.05, 0) is 50.9 Å². The minimum atomic E-state index is -0.884. The Kier molecular flexibility index (Phi) is 8.71. The third-order valence-corrected chi connectivity index (χ3v) is 7.80. The Morgan fingerprint density at radius 2 is 1.80 bits per heavy atom. The highest BCUT2D eigenvalue weighted by Crippen LogP contribution is 2.47. The molecule has 0 aromatic rings. The van der Waals surface area contributed by atoms with Crippen molar-refractivity contribution in [2.75, 3.05) is 13.7 Å². The molecule has 2 fully saturated rings. The number of rotatable bonds is 11. The maximum atomic E-state index is 13.4. The summed E-state index contributed by atoms with van der Waals surface area (Å²) in [5, 5.41) is 22.8. The van der Waals surface area contributed by atoms with E-state index in [9.17, 15) is 24.6 Å². The number of carboxylic acid groups (broad SMARTS) is 2. The summed E-state index contributed by atoms with van der Waals surface area (Å²) in [6, 6.07) is -0.170. The highest BCUT2D eigenvalue weighted by Gasteiger charge is 2.49. The first kappa shape index (κ1) is 24.6. The Bertz CT molecular complexity index is 615. The molecule has 0 heterocycles. The van der Waals surface area contributed by atoms with Crippen molar-refractivity contribution in [2.24, 2.45) is 22.7 Å². The molecule has 7 nitrogen and oxygen atoms in total. The van der Waals surface area contributed by atoms with Gasteiger partial charge in [-0.3, -0.25) is 14.4 Å². The zero-order chi connectivity index (χ0) is 22.4. The van der Waals surface area contributed by atoms with Crippen molar-refractivity contribution in [3.63, 3.8) is 0 Å². The fourth-order valence-corrected chi connectivity index (χ4v) is 5.63. The van der Waals surface area contributed by atoms with Gasteiger partial charge >= 0.3 is 11.9 Å². The van der Waals surface area contributed by atoms with E-state index < -0.39 is 28.7 Å². The predicted octanol–water partition coefficient (Wildman–Crippen LogP) is 3.85. The first-order valence-corrected chi connectivity index (χ1v) is 11.5. The summed E-state index contributed by atoms with van der Waals surface area (Å²) in [4.78, 5) is 37.3. The van der Waals surface area contributed by atoms with E-state index in [2.05, 4.69) is 5.32 Å². The van der Waals surface area contributed by atoms with Crippen LogP contribution in [0.25, 0.3) is 0 Å². The van der Waals surface area contributed by atoms with Crippen molar-refractivity contribution in [3.05, 3.63) is 0 Å². The van der Waals surface area contributed by atoms with E-state index in [4.69, 9.17) is 4.74 Å². The van der Waals surface area contributed by atoms with Crippen LogP contribution in [0.5, 0.6) is 0 Å². The van der Waals surface area contributed by atoms with Crippen molar-refractivity contribution in [2.45, 2.75) is 90.5 Å². The SMILES string of the molecule is CCC(C)C1(C(=O)O)CCCC(NC(=O)C2(CC(CCOC)C(=O)O)CCCC2)C1. The van der Waals surface area contributed by atoms with E-state index in [0.717, 1.165) is 32.1 Å². The first-order chi connectivity index (χ1) is 14.2. The van der Waals surface area contributed by atoms with Crippen LogP contribution in [-0.2, 0) is 19.1 Å². The minimum Gasteiger partial charge on any atom is -0.481 e. The highest BCUT2D eigenvalue weighted by molar-refractivity contribution is 5.84. The van der Waals surface area contributed by atoms with E-state index in [1.807, 2.05) is 13.8 Å². The van der Waals surface area contributed by atoms with Crippen LogP contribution in [0, 0.1) is 22.7 Å². The van der Waals surface area contributed by atoms with E-state index in [1.54, 1.807) is 7.11 Å². The number of hydrogen-bond donors (Lipinski definition) is 3. The second-order valence-corrected chi connectivity index (χ2v) is 9.55. The second kappa shape index (κ2) is 10.6. The van der Waals surface area contributed by atoms with Crippen molar-refractivity contribution in [3.8, 4) is 0 Å². The summed E-state index contributed by atoms with van der Waals surface area (Å²) in [6.45, 7) is 4.36. The molecular weight excluding hydrogens is 386 g/mol. The number of carbonyl (C=O) groups is 3. The molecule has 30 heavy (non-hydrogen) atoms. The van der Waals surface area contributed by atoms with Crippen LogP contribution in [0.2, 0.25) is 0 Å². The molecule has 172 valence electrons. The molecule has 0 aromatic carbocycles. The lowest BCUT2D eigenvalue weighted by molar-refractivity contribution is -0.157. The molecule has 2 rings (SSSR count). The molecule has 0 aromatic heterocycles. The minimum absolute atomic E-state index is 0.0422. The number of carbonyl (C=O) groups excluding carboxylic acids is 1. The van der Waals surface area contributed by atoms with Crippen molar-refractivity contribution >= 4 is 17.8 Å². The zero-order valence-corrected chi connectivity index (χ0v) is 18.7. The van der Waals surface area contributed by atoms with E-state index >= 15 is 0 Å². The van der Waals surface area contributed by atoms with E-state index in [1.165, 1.54) is 0 Å². The lowest BCUT2D eigenvalue weighted by Gasteiger charge is -2.43. The lowest BCUT2D eigenvalue weighted by atomic mass is 9.64. The van der Waals surface area contributed by atoms with Gasteiger partial charge in [0.05, 0.1) is 16.7 Å². The average molecular weight is 426 g/mol. The van der Waals surface area contributed by atoms with Crippen LogP contribution in [0.3, 0.4) is 0 Å². The van der Waals surface area contributed by atoms with Gasteiger partial charge < -0.3 is 20.3 Å². The summed E-state index contributed by atoms with van der Waals surface area (Å²) >= 11 is 0. The standard InChI is InChI=1S/C23H39NO6/c1-4-16(2)23(21(28)29)12-7-8-18(15-23)24-20(27)22(10-5-6-11-22)14-17(19(25)26)9-13-30-3/h16-18H,4-15H2,1-3H3,(H,24,27)(H,25,26)(H,28,29). The molecular formula is C23H39NO6. The Morgan fingerprint density at radius 1 is 1.13 bits per heavy atom. The molecule has 0 bridgehead atoms. The molecule has 7 heteroatoms. The van der Waals surface area contributed by atoms with Gasteiger partial charge in [0.15, 0.2) is 0 Å². The Labute approximate surface area is 179 Å². The number of amides is 1. The summed E-state index contributed by atoms with van der Waals surface area (Å²) < 4.78 is 5.06. The van der Waals surface area contributed by atoms with Gasteiger partial charge in [0, 0.05) is 19.8 Å². The van der Waals surface area contributed by atoms with E-state index in [0.29, 0.717) is 45.1 Å². The third kappa shape index (κ3) is 5.34. The summed E-state index contributed by atoms with van der Waals surface area (Å²) in [7, 11) is 1.55. The van der Waals surface area contributed by atoms with Crippen molar-refractivity contribution in [1.82, 2.24) is 5.32 Å². The molecule has 4 atom stereocenters. The molecule has 3 N–H and O–H groups in total. The predicted molar refractivity (Wildman–Crippen MR) is 113 cm³/mol. The molecule has 0 aliphatic heterocycles. The fourth-order valence-electron chi connectivity index (χ4n) is 5.63. The summed E-state index contributed by atoms with van der Waals surface area (Å²) in [6.07, 6.45) is 7.37. The highest BCUT2D eigenvalue weighted by atomic mass is 16.5. The van der Waals surface area contributed by atoms with Crippen molar-refractivity contribution < 1.29 is 29.3 Å². The fraction of sp³-hybridized carbons (Fsp3) is 0.870. The van der Waals surface area contributed by atoms with Gasteiger partial charge in [0.25, 0.3) is 0 Å². The lowest BCUT2D eigenvalue weighted by Crippen LogP contribution is -2.51. The quantitative estimate of drug-likeness (QED) is 0.463. The molecule has 0 radical (unpaired) electrons. The van der Waals surface area contributed by atoms with Gasteiger partial charge in [-0.2, -0.15) is 0 Å². The van der Waals surface area contributed by atoms with Gasteiger partial charge in [0.1, 0.15) is 0 Å². The molecule has 0 saturated heterocycles. The number of methoxy groups -OCH3 is 1. The van der Waals surface area contributed by atoms with E-state index in [-0.39, 0.29) is 17.9 Å². The molecule has 2 saturated carbocycles. The van der Waals surface area contributed by atoms with Crippen molar-refractivity contribution in [1.29, 1.82) is 0 Å². The molecule has 1 amide bonds. The monoisotopic (exact) mass is 425 g/mol. The molecule has 2 aliphatic rings. The number of nitrogens with one attached hydrogen (secondary N) is 1. The molecule has 4 unspecified atom stereocenters. The second-order valence-electron chi connectivity index (χ2n) is 9.55. The molecule has 0 spiro atoms. The number of aliphatic carboxylic acids is 2. The van der Waals surface area contributed by atoms with Gasteiger partial charge in [-0.1, -0.05) is 39.5 Å². The van der Waals surface area contributed by atoms with Crippen LogP contribution in [0.4, 0.5) is 0 Å². The topological polar surface area (TPSA) is 113 Å². The average Bonchev–Trinajstić information content (AvgIpc) is 3.20. The van der Waals surface area contributed by atoms with Crippen LogP contribution < -0.4 is 5.32 Å². The molecule has 2 aliphatic carbocycles. The van der Waals surface area contributed by atoms with Crippen LogP contribution >= 0.6 is 0 Å². The first-order valence-electron chi connectivity index (χ1n) is 11.5. The summed E-state index contributed by atoms with van der Waals surface area (Å²) in [5.74, 6) is -2.31. The largest absolute Gasteiger partial charge is 0.481 e. The number of carboxylic acids is 2. The maximum absolute atomic E-state index is 13.4. The normalized spacial score (nSPS) is 27.9. The third-order valence-electron chi connectivity index (χ3n) is 7.80. The van der Waals surface area contributed by atoms with Gasteiger partial charge in [-0.25, -0.2) is 0 Å². The van der Waals surface area contributed by atoms with Crippen LogP contribution in [0.1, 0.15) is 84.5 Å². The number of hydrogen-bond acceptors (Lipinski definition) is 4. The smallest absolute Gasteiger partial charge is 0.309 e. The maximum Gasteiger partial charge on any atom is 0.309 e. The van der Waals surface area contributed by atoms with Gasteiger partial charge in [0.2, 0.25) is 5.91 Å². The van der Waals surface area contributed by atoms with Crippen LogP contribution in [-0.4, -0.2) is 47.8 Å². The Balaban J connectivity index is 2.14. The Hall–Kier alpha value is -1.63. The summed E-state index contributed by atoms with van der Waals surface area (Å²) in [5.41, 5.74) is -1.47. The van der Waals surface area contributed by atoms with Gasteiger partial charge in [-0.15, -0.1) is 0 Å². The Morgan fingerprint density at radius 3 is 2.33 bits per heavy atom. The number of ether oxygens (including phenoxy) is 1. The zero-order valence-electron chi connectivity index (χ0n) is 18.7.